The fourth-order valence-electron chi connectivity index (χ4n) is 3.69. The third kappa shape index (κ3) is 13.1. The first-order valence-electron chi connectivity index (χ1n) is 13.2. The second kappa shape index (κ2) is 16.6. The van der Waals surface area contributed by atoms with Crippen molar-refractivity contribution in [2.45, 2.75) is 91.7 Å². The summed E-state index contributed by atoms with van der Waals surface area (Å²) in [7, 11) is 0. The maximum atomic E-state index is 13.4. The van der Waals surface area contributed by atoms with E-state index >= 15 is 0 Å². The third-order valence-electron chi connectivity index (χ3n) is 5.49. The van der Waals surface area contributed by atoms with E-state index in [1.165, 1.54) is 4.90 Å². The molecule has 9 heteroatoms. The Morgan fingerprint density at radius 2 is 1.59 bits per heavy atom. The summed E-state index contributed by atoms with van der Waals surface area (Å²) in [6.07, 6.45) is 4.20. The largest absolute Gasteiger partial charge is 0.466 e. The fraction of sp³-hybridized carbons (Fsp3) is 0.643. The van der Waals surface area contributed by atoms with Crippen molar-refractivity contribution < 1.29 is 28.7 Å². The van der Waals surface area contributed by atoms with Crippen LogP contribution in [0, 0.1) is 6.92 Å². The summed E-state index contributed by atoms with van der Waals surface area (Å²) in [4.78, 5) is 52.2. The minimum absolute atomic E-state index is 0.0331. The predicted molar refractivity (Wildman–Crippen MR) is 143 cm³/mol. The highest BCUT2D eigenvalue weighted by Crippen LogP contribution is 2.23. The van der Waals surface area contributed by atoms with Crippen LogP contribution in [0.25, 0.3) is 0 Å². The van der Waals surface area contributed by atoms with Crippen molar-refractivity contribution in [3.63, 3.8) is 0 Å². The lowest BCUT2D eigenvalue weighted by molar-refractivity contribution is -0.143. The number of esters is 1. The van der Waals surface area contributed by atoms with Crippen molar-refractivity contribution in [1.82, 2.24) is 15.5 Å². The number of carbonyl (C=O) groups is 4. The molecule has 1 unspecified atom stereocenters. The molecule has 0 saturated carbocycles. The van der Waals surface area contributed by atoms with Gasteiger partial charge in [0.1, 0.15) is 18.2 Å². The second-order valence-electron chi connectivity index (χ2n) is 10.0. The minimum Gasteiger partial charge on any atom is -0.466 e. The van der Waals surface area contributed by atoms with E-state index in [9.17, 15) is 19.2 Å². The molecule has 0 aliphatic heterocycles. The molecule has 208 valence electrons. The Labute approximate surface area is 221 Å². The van der Waals surface area contributed by atoms with Crippen LogP contribution in [-0.4, -0.2) is 60.6 Å². The fourth-order valence-corrected chi connectivity index (χ4v) is 3.69. The highest BCUT2D eigenvalue weighted by molar-refractivity contribution is 5.90. The van der Waals surface area contributed by atoms with Crippen LogP contribution in [0.2, 0.25) is 0 Å². The molecule has 1 aromatic carbocycles. The SMILES string of the molecule is CCCCCCCN(C(=O)CNC(=O)OC(C)(C)C)C(C(=O)NCCC(=O)OCC)c1ccc(C)cc1. The zero-order valence-electron chi connectivity index (χ0n) is 23.4. The number of benzene rings is 1. The first-order valence-corrected chi connectivity index (χ1v) is 13.2. The zero-order valence-corrected chi connectivity index (χ0v) is 23.4. The summed E-state index contributed by atoms with van der Waals surface area (Å²) in [5.74, 6) is -1.19. The van der Waals surface area contributed by atoms with Crippen molar-refractivity contribution >= 4 is 23.9 Å². The average molecular weight is 520 g/mol. The number of hydrogen-bond donors (Lipinski definition) is 2. The first-order chi connectivity index (χ1) is 17.5. The summed E-state index contributed by atoms with van der Waals surface area (Å²) in [6.45, 7) is 11.4. The van der Waals surface area contributed by atoms with Gasteiger partial charge in [-0.3, -0.25) is 14.4 Å². The van der Waals surface area contributed by atoms with Gasteiger partial charge in [-0.15, -0.1) is 0 Å². The normalized spacial score (nSPS) is 11.8. The number of nitrogens with zero attached hydrogens (tertiary/aromatic N) is 1. The maximum absolute atomic E-state index is 13.4. The Hall–Kier alpha value is -3.10. The molecular formula is C28H45N3O6. The molecule has 0 aliphatic rings. The van der Waals surface area contributed by atoms with Gasteiger partial charge in [0.25, 0.3) is 0 Å². The van der Waals surface area contributed by atoms with E-state index in [2.05, 4.69) is 17.6 Å². The molecule has 0 aliphatic carbocycles. The van der Waals surface area contributed by atoms with Crippen molar-refractivity contribution in [1.29, 1.82) is 0 Å². The van der Waals surface area contributed by atoms with E-state index in [0.29, 0.717) is 12.1 Å². The van der Waals surface area contributed by atoms with Crippen LogP contribution in [-0.2, 0) is 23.9 Å². The number of ether oxygens (including phenoxy) is 2. The van der Waals surface area contributed by atoms with E-state index in [-0.39, 0.29) is 26.1 Å². The molecule has 1 aromatic rings. The van der Waals surface area contributed by atoms with Gasteiger partial charge in [-0.1, -0.05) is 62.4 Å². The van der Waals surface area contributed by atoms with Gasteiger partial charge in [0.05, 0.1) is 13.0 Å². The highest BCUT2D eigenvalue weighted by Gasteiger charge is 2.31. The predicted octanol–water partition coefficient (Wildman–Crippen LogP) is 4.43. The number of unbranched alkanes of at least 4 members (excludes halogenated alkanes) is 4. The minimum atomic E-state index is -0.915. The van der Waals surface area contributed by atoms with Gasteiger partial charge in [-0.2, -0.15) is 0 Å². The second-order valence-corrected chi connectivity index (χ2v) is 10.0. The van der Waals surface area contributed by atoms with Crippen molar-refractivity contribution in [3.05, 3.63) is 35.4 Å². The van der Waals surface area contributed by atoms with E-state index < -0.39 is 35.5 Å². The molecule has 0 fully saturated rings. The zero-order chi connectivity index (χ0) is 27.8. The lowest BCUT2D eigenvalue weighted by atomic mass is 10.0. The van der Waals surface area contributed by atoms with Gasteiger partial charge >= 0.3 is 12.1 Å². The smallest absolute Gasteiger partial charge is 0.408 e. The Morgan fingerprint density at radius 1 is 0.946 bits per heavy atom. The molecule has 0 spiro atoms. The summed E-state index contributed by atoms with van der Waals surface area (Å²) >= 11 is 0. The molecule has 1 rings (SSSR count). The van der Waals surface area contributed by atoms with Gasteiger partial charge in [-0.25, -0.2) is 4.79 Å². The molecule has 0 heterocycles. The molecule has 0 aromatic heterocycles. The van der Waals surface area contributed by atoms with Crippen LogP contribution in [0.4, 0.5) is 4.79 Å². The molecular weight excluding hydrogens is 474 g/mol. The lowest BCUT2D eigenvalue weighted by Gasteiger charge is -2.32. The van der Waals surface area contributed by atoms with Gasteiger partial charge in [-0.05, 0) is 46.6 Å². The lowest BCUT2D eigenvalue weighted by Crippen LogP contribution is -2.48. The Kier molecular flexibility index (Phi) is 14.3. The molecule has 2 N–H and O–H groups in total. The summed E-state index contributed by atoms with van der Waals surface area (Å²) < 4.78 is 10.2. The van der Waals surface area contributed by atoms with Gasteiger partial charge in [0, 0.05) is 13.1 Å². The monoisotopic (exact) mass is 519 g/mol. The van der Waals surface area contributed by atoms with Crippen LogP contribution < -0.4 is 10.6 Å². The number of nitrogens with one attached hydrogen (secondary N) is 2. The van der Waals surface area contributed by atoms with Crippen LogP contribution in [0.15, 0.2) is 24.3 Å². The van der Waals surface area contributed by atoms with E-state index in [1.807, 2.05) is 31.2 Å². The van der Waals surface area contributed by atoms with Crippen LogP contribution in [0.1, 0.15) is 90.3 Å². The third-order valence-corrected chi connectivity index (χ3v) is 5.49. The number of aryl methyl sites for hydroxylation is 1. The summed E-state index contributed by atoms with van der Waals surface area (Å²) in [5.41, 5.74) is 0.975. The molecule has 0 radical (unpaired) electrons. The Morgan fingerprint density at radius 3 is 2.19 bits per heavy atom. The Balaban J connectivity index is 3.12. The van der Waals surface area contributed by atoms with Gasteiger partial charge in [0.15, 0.2) is 0 Å². The van der Waals surface area contributed by atoms with Crippen molar-refractivity contribution in [3.8, 4) is 0 Å². The molecule has 3 amide bonds. The molecule has 1 atom stereocenters. The van der Waals surface area contributed by atoms with Crippen LogP contribution in [0.3, 0.4) is 0 Å². The van der Waals surface area contributed by atoms with Crippen LogP contribution >= 0.6 is 0 Å². The highest BCUT2D eigenvalue weighted by atomic mass is 16.6. The summed E-state index contributed by atoms with van der Waals surface area (Å²) in [5, 5.41) is 5.29. The standard InChI is InChI=1S/C28H45N3O6/c1-7-9-10-11-12-19-31(23(32)20-30-27(35)37-28(4,5)6)25(22-15-13-21(3)14-16-22)26(34)29-18-17-24(33)36-8-2/h13-16,25H,7-12,17-20H2,1-6H3,(H,29,34)(H,30,35). The topological polar surface area (TPSA) is 114 Å². The van der Waals surface area contributed by atoms with E-state index in [0.717, 1.165) is 37.7 Å². The number of carbonyl (C=O) groups excluding carboxylic acids is 4. The quantitative estimate of drug-likeness (QED) is 0.262. The van der Waals surface area contributed by atoms with Gasteiger partial charge in [0.2, 0.25) is 11.8 Å². The average Bonchev–Trinajstić information content (AvgIpc) is 2.81. The van der Waals surface area contributed by atoms with Crippen LogP contribution in [0.5, 0.6) is 0 Å². The number of hydrogen-bond acceptors (Lipinski definition) is 6. The molecule has 0 saturated heterocycles. The van der Waals surface area contributed by atoms with E-state index in [4.69, 9.17) is 9.47 Å². The maximum Gasteiger partial charge on any atom is 0.408 e. The van der Waals surface area contributed by atoms with Crippen molar-refractivity contribution in [2.75, 3.05) is 26.2 Å². The number of alkyl carbamates (subject to hydrolysis) is 1. The van der Waals surface area contributed by atoms with E-state index in [1.54, 1.807) is 27.7 Å². The first kappa shape index (κ1) is 31.9. The van der Waals surface area contributed by atoms with Crippen molar-refractivity contribution in [2.24, 2.45) is 0 Å². The molecule has 9 nitrogen and oxygen atoms in total. The molecule has 37 heavy (non-hydrogen) atoms. The van der Waals surface area contributed by atoms with Gasteiger partial charge < -0.3 is 25.0 Å². The Bertz CT molecular complexity index is 864. The summed E-state index contributed by atoms with van der Waals surface area (Å²) in [6, 6.07) is 6.50. The number of amides is 3. The number of rotatable bonds is 15. The molecule has 0 bridgehead atoms.